The summed E-state index contributed by atoms with van der Waals surface area (Å²) in [7, 11) is 0. The molecular formula is C19H15FN2O3. The summed E-state index contributed by atoms with van der Waals surface area (Å²) in [6.45, 7) is 1.50. The van der Waals surface area contributed by atoms with Crippen molar-refractivity contribution in [3.05, 3.63) is 71.2 Å². The van der Waals surface area contributed by atoms with Gasteiger partial charge in [0.2, 0.25) is 11.8 Å². The minimum atomic E-state index is -0.771. The Hall–Kier alpha value is -3.41. The van der Waals surface area contributed by atoms with Crippen LogP contribution in [0.15, 0.2) is 53.0 Å². The fourth-order valence-electron chi connectivity index (χ4n) is 2.37. The summed E-state index contributed by atoms with van der Waals surface area (Å²) in [6.07, 6.45) is 2.78. The number of fused-ring (bicyclic) bond motifs is 1. The van der Waals surface area contributed by atoms with Gasteiger partial charge in [-0.3, -0.25) is 9.59 Å². The Kier molecular flexibility index (Phi) is 4.35. The number of rotatable bonds is 4. The molecule has 6 heteroatoms. The van der Waals surface area contributed by atoms with Crippen molar-refractivity contribution < 1.29 is 18.4 Å². The molecule has 2 aromatic carbocycles. The van der Waals surface area contributed by atoms with Gasteiger partial charge in [0.25, 0.3) is 0 Å². The van der Waals surface area contributed by atoms with Crippen LogP contribution < -0.4 is 11.1 Å². The topological polar surface area (TPSA) is 85.3 Å². The highest BCUT2D eigenvalue weighted by molar-refractivity contribution is 6.03. The first kappa shape index (κ1) is 16.4. The molecule has 0 atom stereocenters. The van der Waals surface area contributed by atoms with E-state index in [0.29, 0.717) is 5.76 Å². The number of nitrogens with two attached hydrogens (primary N) is 1. The highest BCUT2D eigenvalue weighted by atomic mass is 19.1. The molecule has 3 aromatic rings. The Morgan fingerprint density at radius 1 is 1.20 bits per heavy atom. The molecule has 1 aromatic heterocycles. The van der Waals surface area contributed by atoms with E-state index < -0.39 is 17.6 Å². The minimum absolute atomic E-state index is 0.0142. The molecular weight excluding hydrogens is 323 g/mol. The zero-order chi connectivity index (χ0) is 18.0. The van der Waals surface area contributed by atoms with E-state index in [9.17, 15) is 14.0 Å². The number of amides is 2. The number of halogens is 1. The Labute approximate surface area is 142 Å². The number of hydrogen-bond donors (Lipinski definition) is 2. The number of carbonyl (C=O) groups is 2. The van der Waals surface area contributed by atoms with Crippen LogP contribution >= 0.6 is 0 Å². The molecule has 0 saturated carbocycles. The second kappa shape index (κ2) is 6.60. The molecule has 2 amide bonds. The van der Waals surface area contributed by atoms with E-state index in [4.69, 9.17) is 10.2 Å². The second-order valence-electron chi connectivity index (χ2n) is 5.50. The molecule has 0 aliphatic heterocycles. The van der Waals surface area contributed by atoms with Crippen LogP contribution in [0.4, 0.5) is 10.1 Å². The predicted octanol–water partition coefficient (Wildman–Crippen LogP) is 3.63. The summed E-state index contributed by atoms with van der Waals surface area (Å²) in [5.74, 6) is -1.35. The molecule has 0 spiro atoms. The van der Waals surface area contributed by atoms with Gasteiger partial charge in [0.05, 0.1) is 0 Å². The molecule has 5 nitrogen and oxygen atoms in total. The molecule has 0 unspecified atom stereocenters. The lowest BCUT2D eigenvalue weighted by atomic mass is 10.1. The number of nitrogens with one attached hydrogen (secondary N) is 1. The van der Waals surface area contributed by atoms with Crippen LogP contribution in [0.1, 0.15) is 21.7 Å². The van der Waals surface area contributed by atoms with Gasteiger partial charge in [-0.2, -0.15) is 0 Å². The van der Waals surface area contributed by atoms with Crippen LogP contribution in [0.5, 0.6) is 0 Å². The standard InChI is InChI=1S/C19H15FN2O3/c1-11-15(20)9-13(19(21)24)10-16(11)22-18(23)7-6-14-8-12-4-2-3-5-17(12)25-14/h2-10H,1H3,(H2,21,24)(H,22,23). The largest absolute Gasteiger partial charge is 0.457 e. The third-order valence-electron chi connectivity index (χ3n) is 3.73. The van der Waals surface area contributed by atoms with E-state index >= 15 is 0 Å². The molecule has 0 saturated heterocycles. The Balaban J connectivity index is 1.79. The number of hydrogen-bond acceptors (Lipinski definition) is 3. The van der Waals surface area contributed by atoms with Gasteiger partial charge in [-0.05, 0) is 37.3 Å². The lowest BCUT2D eigenvalue weighted by Crippen LogP contribution is -2.14. The van der Waals surface area contributed by atoms with E-state index in [1.165, 1.54) is 25.1 Å². The van der Waals surface area contributed by atoms with Gasteiger partial charge < -0.3 is 15.5 Å². The average molecular weight is 338 g/mol. The monoisotopic (exact) mass is 338 g/mol. The molecule has 0 radical (unpaired) electrons. The molecule has 0 bridgehead atoms. The number of anilines is 1. The summed E-state index contributed by atoms with van der Waals surface area (Å²) in [6, 6.07) is 11.7. The van der Waals surface area contributed by atoms with E-state index in [0.717, 1.165) is 17.0 Å². The highest BCUT2D eigenvalue weighted by Crippen LogP contribution is 2.22. The number of furan rings is 1. The summed E-state index contributed by atoms with van der Waals surface area (Å²) in [5.41, 5.74) is 6.27. The second-order valence-corrected chi connectivity index (χ2v) is 5.50. The molecule has 126 valence electrons. The van der Waals surface area contributed by atoms with Crippen molar-refractivity contribution in [2.45, 2.75) is 6.92 Å². The van der Waals surface area contributed by atoms with Gasteiger partial charge in [-0.15, -0.1) is 0 Å². The molecule has 0 aliphatic rings. The van der Waals surface area contributed by atoms with Crippen molar-refractivity contribution in [2.24, 2.45) is 5.73 Å². The summed E-state index contributed by atoms with van der Waals surface area (Å²) in [4.78, 5) is 23.3. The Morgan fingerprint density at radius 2 is 1.96 bits per heavy atom. The summed E-state index contributed by atoms with van der Waals surface area (Å²) < 4.78 is 19.4. The van der Waals surface area contributed by atoms with Gasteiger partial charge in [-0.25, -0.2) is 4.39 Å². The van der Waals surface area contributed by atoms with E-state index in [1.807, 2.05) is 24.3 Å². The Morgan fingerprint density at radius 3 is 2.68 bits per heavy atom. The number of carbonyl (C=O) groups excluding carboxylic acids is 2. The van der Waals surface area contributed by atoms with Crippen LogP contribution in [-0.4, -0.2) is 11.8 Å². The van der Waals surface area contributed by atoms with Crippen LogP contribution in [0, 0.1) is 12.7 Å². The van der Waals surface area contributed by atoms with E-state index in [2.05, 4.69) is 5.32 Å². The zero-order valence-electron chi connectivity index (χ0n) is 13.4. The fraction of sp³-hybridized carbons (Fsp3) is 0.0526. The van der Waals surface area contributed by atoms with Crippen molar-refractivity contribution >= 4 is 34.5 Å². The van der Waals surface area contributed by atoms with Gasteiger partial charge in [0.1, 0.15) is 17.2 Å². The highest BCUT2D eigenvalue weighted by Gasteiger charge is 2.12. The summed E-state index contributed by atoms with van der Waals surface area (Å²) in [5, 5.41) is 3.46. The molecule has 25 heavy (non-hydrogen) atoms. The molecule has 0 fully saturated rings. The van der Waals surface area contributed by atoms with Crippen molar-refractivity contribution in [3.8, 4) is 0 Å². The maximum atomic E-state index is 13.8. The normalized spacial score (nSPS) is 11.1. The summed E-state index contributed by atoms with van der Waals surface area (Å²) >= 11 is 0. The van der Waals surface area contributed by atoms with Crippen molar-refractivity contribution in [3.63, 3.8) is 0 Å². The molecule has 3 N–H and O–H groups in total. The van der Waals surface area contributed by atoms with Crippen molar-refractivity contribution in [1.29, 1.82) is 0 Å². The predicted molar refractivity (Wildman–Crippen MR) is 93.5 cm³/mol. The van der Waals surface area contributed by atoms with Crippen molar-refractivity contribution in [2.75, 3.05) is 5.32 Å². The van der Waals surface area contributed by atoms with Crippen LogP contribution in [0.25, 0.3) is 17.0 Å². The molecule has 3 rings (SSSR count). The van der Waals surface area contributed by atoms with Gasteiger partial charge in [0.15, 0.2) is 0 Å². The van der Waals surface area contributed by atoms with E-state index in [-0.39, 0.29) is 16.8 Å². The average Bonchev–Trinajstić information content (AvgIpc) is 2.99. The third-order valence-corrected chi connectivity index (χ3v) is 3.73. The number of primary amides is 1. The van der Waals surface area contributed by atoms with Crippen LogP contribution in [0.2, 0.25) is 0 Å². The van der Waals surface area contributed by atoms with Gasteiger partial charge >= 0.3 is 0 Å². The van der Waals surface area contributed by atoms with Crippen LogP contribution in [-0.2, 0) is 4.79 Å². The zero-order valence-corrected chi connectivity index (χ0v) is 13.4. The van der Waals surface area contributed by atoms with Gasteiger partial charge in [0, 0.05) is 28.3 Å². The minimum Gasteiger partial charge on any atom is -0.457 e. The molecule has 1 heterocycles. The van der Waals surface area contributed by atoms with Crippen molar-refractivity contribution in [1.82, 2.24) is 0 Å². The lowest BCUT2D eigenvalue weighted by molar-refractivity contribution is -0.111. The SMILES string of the molecule is Cc1c(F)cc(C(N)=O)cc1NC(=O)C=Cc1cc2ccccc2o1. The smallest absolute Gasteiger partial charge is 0.248 e. The first-order valence-corrected chi connectivity index (χ1v) is 7.51. The first-order valence-electron chi connectivity index (χ1n) is 7.51. The van der Waals surface area contributed by atoms with E-state index in [1.54, 1.807) is 6.07 Å². The fourth-order valence-corrected chi connectivity index (χ4v) is 2.37. The van der Waals surface area contributed by atoms with Crippen LogP contribution in [0.3, 0.4) is 0 Å². The number of benzene rings is 2. The maximum Gasteiger partial charge on any atom is 0.248 e. The molecule has 0 aliphatic carbocycles. The number of para-hydroxylation sites is 1. The first-order chi connectivity index (χ1) is 11.9. The third kappa shape index (κ3) is 3.58. The maximum absolute atomic E-state index is 13.8. The lowest BCUT2D eigenvalue weighted by Gasteiger charge is -2.09. The van der Waals surface area contributed by atoms with Gasteiger partial charge in [-0.1, -0.05) is 18.2 Å². The quantitative estimate of drug-likeness (QED) is 0.712. The Bertz CT molecular complexity index is 972.